The van der Waals surface area contributed by atoms with Crippen molar-refractivity contribution in [1.29, 1.82) is 0 Å². The molecule has 0 unspecified atom stereocenters. The molecule has 1 fully saturated rings. The van der Waals surface area contributed by atoms with Gasteiger partial charge in [-0.15, -0.1) is 0 Å². The Morgan fingerprint density at radius 2 is 2.00 bits per heavy atom. The Labute approximate surface area is 186 Å². The lowest BCUT2D eigenvalue weighted by atomic mass is 10.0. The molecule has 1 aliphatic heterocycles. The van der Waals surface area contributed by atoms with E-state index in [1.165, 1.54) is 12.8 Å². The van der Waals surface area contributed by atoms with Gasteiger partial charge in [0.15, 0.2) is 0 Å². The van der Waals surface area contributed by atoms with E-state index in [0.717, 1.165) is 58.9 Å². The molecule has 32 heavy (non-hydrogen) atoms. The van der Waals surface area contributed by atoms with Crippen molar-refractivity contribution < 1.29 is 9.53 Å². The van der Waals surface area contributed by atoms with Crippen LogP contribution >= 0.6 is 0 Å². The number of imidazole rings is 1. The number of H-pyrrole nitrogens is 1. The number of esters is 1. The minimum absolute atomic E-state index is 0.339. The molecular weight excluding hydrogens is 402 g/mol. The normalized spacial score (nSPS) is 14.2. The summed E-state index contributed by atoms with van der Waals surface area (Å²) >= 11 is 0. The molecule has 7 heteroatoms. The Hall–Kier alpha value is -3.58. The second kappa shape index (κ2) is 8.88. The topological polar surface area (TPSA) is 84.0 Å². The number of nitrogens with one attached hydrogen (secondary N) is 1. The summed E-state index contributed by atoms with van der Waals surface area (Å²) in [6.07, 6.45) is 5.70. The van der Waals surface area contributed by atoms with Gasteiger partial charge in [-0.05, 0) is 63.2 Å². The monoisotopic (exact) mass is 427 g/mol. The summed E-state index contributed by atoms with van der Waals surface area (Å²) in [5.74, 6) is -0.339. The first kappa shape index (κ1) is 20.3. The number of carbonyl (C=O) groups excluding carboxylic acids is 1. The van der Waals surface area contributed by atoms with Gasteiger partial charge in [0.25, 0.3) is 0 Å². The van der Waals surface area contributed by atoms with Crippen LogP contribution in [0.4, 0.5) is 0 Å². The van der Waals surface area contributed by atoms with Gasteiger partial charge in [0.05, 0.1) is 34.5 Å². The zero-order chi connectivity index (χ0) is 21.9. The minimum Gasteiger partial charge on any atom is -0.461 e. The van der Waals surface area contributed by atoms with Crippen LogP contribution < -0.4 is 0 Å². The first-order valence-electron chi connectivity index (χ1n) is 10.9. The molecule has 0 saturated carbocycles. The smallest absolute Gasteiger partial charge is 0.339 e. The van der Waals surface area contributed by atoms with E-state index in [1.54, 1.807) is 12.5 Å². The molecule has 0 spiro atoms. The van der Waals surface area contributed by atoms with Crippen LogP contribution in [0.25, 0.3) is 33.5 Å². The van der Waals surface area contributed by atoms with Gasteiger partial charge in [-0.2, -0.15) is 0 Å². The van der Waals surface area contributed by atoms with Gasteiger partial charge in [-0.1, -0.05) is 12.1 Å². The summed E-state index contributed by atoms with van der Waals surface area (Å²) in [7, 11) is 0. The van der Waals surface area contributed by atoms with Crippen LogP contribution in [-0.4, -0.2) is 57.0 Å². The lowest BCUT2D eigenvalue weighted by molar-refractivity contribution is 0.0472. The zero-order valence-corrected chi connectivity index (χ0v) is 18.0. The van der Waals surface area contributed by atoms with Crippen LogP contribution in [0.2, 0.25) is 0 Å². The van der Waals surface area contributed by atoms with E-state index in [1.807, 2.05) is 49.4 Å². The Morgan fingerprint density at radius 1 is 1.12 bits per heavy atom. The fraction of sp³-hybridized carbons (Fsp3) is 0.280. The second-order valence-corrected chi connectivity index (χ2v) is 8.11. The molecule has 7 nitrogen and oxygen atoms in total. The average Bonchev–Trinajstić information content (AvgIpc) is 3.50. The number of benzene rings is 1. The van der Waals surface area contributed by atoms with Gasteiger partial charge in [0.1, 0.15) is 6.61 Å². The van der Waals surface area contributed by atoms with Crippen molar-refractivity contribution in [2.45, 2.75) is 19.8 Å². The molecule has 3 aromatic heterocycles. The first-order valence-corrected chi connectivity index (χ1v) is 10.9. The molecule has 1 aromatic carbocycles. The van der Waals surface area contributed by atoms with Gasteiger partial charge >= 0.3 is 5.97 Å². The van der Waals surface area contributed by atoms with Crippen LogP contribution in [0.3, 0.4) is 0 Å². The molecule has 4 heterocycles. The Morgan fingerprint density at radius 3 is 2.84 bits per heavy atom. The maximum Gasteiger partial charge on any atom is 0.339 e. The summed E-state index contributed by atoms with van der Waals surface area (Å²) in [5, 5.41) is 0.864. The summed E-state index contributed by atoms with van der Waals surface area (Å²) in [6, 6.07) is 13.7. The van der Waals surface area contributed by atoms with Crippen molar-refractivity contribution in [3.8, 4) is 22.6 Å². The standard InChI is InChI=1S/C25H25N5O2/c1-17-5-4-6-22(29-17)24-23(27-16-28-24)18-7-8-21-19(13-18)14-20(15-26-21)25(31)32-12-11-30-9-2-3-10-30/h4-8,13-16H,2-3,9-12H2,1H3,(H,27,28). The second-order valence-electron chi connectivity index (χ2n) is 8.11. The van der Waals surface area contributed by atoms with E-state index < -0.39 is 0 Å². The Balaban J connectivity index is 1.38. The molecule has 0 amide bonds. The average molecular weight is 428 g/mol. The van der Waals surface area contributed by atoms with Crippen molar-refractivity contribution >= 4 is 16.9 Å². The highest BCUT2D eigenvalue weighted by molar-refractivity contribution is 5.95. The maximum atomic E-state index is 12.5. The van der Waals surface area contributed by atoms with E-state index in [9.17, 15) is 4.79 Å². The highest BCUT2D eigenvalue weighted by Gasteiger charge is 2.15. The molecule has 162 valence electrons. The fourth-order valence-corrected chi connectivity index (χ4v) is 4.14. The minimum atomic E-state index is -0.339. The SMILES string of the molecule is Cc1cccc(-c2[nH]cnc2-c2ccc3ncc(C(=O)OCCN4CCCC4)cc3c2)n1. The number of ether oxygens (including phenoxy) is 1. The number of aromatic nitrogens is 4. The number of likely N-dealkylation sites (tertiary alicyclic amines) is 1. The predicted octanol–water partition coefficient (Wildman–Crippen LogP) is 4.25. The molecule has 0 atom stereocenters. The molecule has 5 rings (SSSR count). The molecule has 4 aromatic rings. The summed E-state index contributed by atoms with van der Waals surface area (Å²) in [5.41, 5.74) is 5.65. The van der Waals surface area contributed by atoms with Crippen LogP contribution in [0.5, 0.6) is 0 Å². The quantitative estimate of drug-likeness (QED) is 0.463. The number of hydrogen-bond donors (Lipinski definition) is 1. The summed E-state index contributed by atoms with van der Waals surface area (Å²) in [4.78, 5) is 31.7. The van der Waals surface area contributed by atoms with E-state index in [2.05, 4.69) is 24.8 Å². The number of aryl methyl sites for hydroxylation is 1. The first-order chi connectivity index (χ1) is 15.7. The van der Waals surface area contributed by atoms with E-state index >= 15 is 0 Å². The molecule has 1 aliphatic rings. The zero-order valence-electron chi connectivity index (χ0n) is 18.0. The molecule has 0 bridgehead atoms. The third-order valence-corrected chi connectivity index (χ3v) is 5.81. The van der Waals surface area contributed by atoms with Crippen LogP contribution in [0.1, 0.15) is 28.9 Å². The van der Waals surface area contributed by atoms with E-state index in [4.69, 9.17) is 4.74 Å². The van der Waals surface area contributed by atoms with Crippen molar-refractivity contribution in [2.24, 2.45) is 0 Å². The van der Waals surface area contributed by atoms with Crippen molar-refractivity contribution in [3.05, 3.63) is 66.2 Å². The van der Waals surface area contributed by atoms with Gasteiger partial charge in [-0.3, -0.25) is 14.9 Å². The third kappa shape index (κ3) is 4.24. The number of hydrogen-bond acceptors (Lipinski definition) is 6. The van der Waals surface area contributed by atoms with Gasteiger partial charge < -0.3 is 9.72 Å². The highest BCUT2D eigenvalue weighted by atomic mass is 16.5. The summed E-state index contributed by atoms with van der Waals surface area (Å²) in [6.45, 7) is 5.33. The number of carbonyl (C=O) groups is 1. The fourth-order valence-electron chi connectivity index (χ4n) is 4.14. The lowest BCUT2D eigenvalue weighted by Crippen LogP contribution is -2.25. The molecule has 0 aliphatic carbocycles. The van der Waals surface area contributed by atoms with Crippen LogP contribution in [0.15, 0.2) is 55.0 Å². The van der Waals surface area contributed by atoms with Gasteiger partial charge in [0, 0.05) is 29.4 Å². The number of aromatic amines is 1. The number of nitrogens with zero attached hydrogens (tertiary/aromatic N) is 4. The maximum absolute atomic E-state index is 12.5. The van der Waals surface area contributed by atoms with Gasteiger partial charge in [0.2, 0.25) is 0 Å². The van der Waals surface area contributed by atoms with Crippen molar-refractivity contribution in [3.63, 3.8) is 0 Å². The third-order valence-electron chi connectivity index (χ3n) is 5.81. The lowest BCUT2D eigenvalue weighted by Gasteiger charge is -2.14. The highest BCUT2D eigenvalue weighted by Crippen LogP contribution is 2.30. The van der Waals surface area contributed by atoms with Crippen molar-refractivity contribution in [1.82, 2.24) is 24.8 Å². The predicted molar refractivity (Wildman–Crippen MR) is 123 cm³/mol. The Bertz CT molecular complexity index is 1260. The molecular formula is C25H25N5O2. The van der Waals surface area contributed by atoms with Gasteiger partial charge in [-0.25, -0.2) is 9.78 Å². The molecule has 1 N–H and O–H groups in total. The Kier molecular flexibility index (Phi) is 5.64. The number of pyridine rings is 2. The number of rotatable bonds is 6. The van der Waals surface area contributed by atoms with Crippen molar-refractivity contribution in [2.75, 3.05) is 26.2 Å². The van der Waals surface area contributed by atoms with E-state index in [0.29, 0.717) is 12.2 Å². The van der Waals surface area contributed by atoms with Crippen LogP contribution in [0, 0.1) is 6.92 Å². The van der Waals surface area contributed by atoms with E-state index in [-0.39, 0.29) is 5.97 Å². The van der Waals surface area contributed by atoms with Crippen LogP contribution in [-0.2, 0) is 4.74 Å². The molecule has 1 saturated heterocycles. The molecule has 0 radical (unpaired) electrons. The summed E-state index contributed by atoms with van der Waals surface area (Å²) < 4.78 is 5.48. The number of fused-ring (bicyclic) bond motifs is 1. The largest absolute Gasteiger partial charge is 0.461 e.